The van der Waals surface area contributed by atoms with Crippen LogP contribution in [0.5, 0.6) is 0 Å². The quantitative estimate of drug-likeness (QED) is 0.833. The Kier molecular flexibility index (Phi) is 3.85. The van der Waals surface area contributed by atoms with Gasteiger partial charge in [-0.25, -0.2) is 13.2 Å². The van der Waals surface area contributed by atoms with Crippen LogP contribution in [0, 0.1) is 17.5 Å². The van der Waals surface area contributed by atoms with Crippen LogP contribution in [0.4, 0.5) is 24.5 Å². The first-order valence-electron chi connectivity index (χ1n) is 5.39. The predicted molar refractivity (Wildman–Crippen MR) is 70.1 cm³/mol. The minimum Gasteiger partial charge on any atom is -0.396 e. The van der Waals surface area contributed by atoms with Crippen molar-refractivity contribution in [1.82, 2.24) is 0 Å². The van der Waals surface area contributed by atoms with E-state index in [2.05, 4.69) is 5.32 Å². The third kappa shape index (κ3) is 2.85. The van der Waals surface area contributed by atoms with E-state index in [0.717, 1.165) is 18.2 Å². The fraction of sp³-hybridized carbons (Fsp3) is 0. The molecule has 0 saturated carbocycles. The summed E-state index contributed by atoms with van der Waals surface area (Å²) in [6.07, 6.45) is 0. The van der Waals surface area contributed by atoms with Crippen molar-refractivity contribution in [2.75, 3.05) is 11.1 Å². The molecule has 0 aromatic heterocycles. The van der Waals surface area contributed by atoms with E-state index in [4.69, 9.17) is 17.3 Å². The van der Waals surface area contributed by atoms with Gasteiger partial charge in [0, 0.05) is 11.1 Å². The minimum absolute atomic E-state index is 0.149. The Hall–Kier alpha value is -2.21. The molecule has 3 N–H and O–H groups in total. The molecule has 0 spiro atoms. The van der Waals surface area contributed by atoms with Crippen LogP contribution >= 0.6 is 11.6 Å². The van der Waals surface area contributed by atoms with Crippen molar-refractivity contribution in [1.29, 1.82) is 0 Å². The van der Waals surface area contributed by atoms with Gasteiger partial charge in [-0.2, -0.15) is 0 Å². The Morgan fingerprint density at radius 3 is 2.45 bits per heavy atom. The first-order valence-corrected chi connectivity index (χ1v) is 5.77. The molecule has 0 bridgehead atoms. The highest BCUT2D eigenvalue weighted by atomic mass is 35.5. The molecule has 0 fully saturated rings. The molecule has 7 heteroatoms. The molecule has 0 unspecified atom stereocenters. The number of nitrogens with two attached hydrogens (primary N) is 1. The molecule has 2 aromatic carbocycles. The summed E-state index contributed by atoms with van der Waals surface area (Å²) < 4.78 is 39.9. The first kappa shape index (κ1) is 14.2. The van der Waals surface area contributed by atoms with Gasteiger partial charge < -0.3 is 11.1 Å². The molecule has 0 aliphatic heterocycles. The van der Waals surface area contributed by atoms with Crippen LogP contribution in [-0.2, 0) is 0 Å². The number of anilines is 2. The Labute approximate surface area is 117 Å². The van der Waals surface area contributed by atoms with E-state index in [9.17, 15) is 18.0 Å². The van der Waals surface area contributed by atoms with Crippen molar-refractivity contribution in [2.24, 2.45) is 0 Å². The Morgan fingerprint density at radius 1 is 1.05 bits per heavy atom. The second kappa shape index (κ2) is 5.42. The summed E-state index contributed by atoms with van der Waals surface area (Å²) in [5.41, 5.74) is 4.22. The minimum atomic E-state index is -1.02. The van der Waals surface area contributed by atoms with Crippen LogP contribution in [0.25, 0.3) is 0 Å². The first-order chi connectivity index (χ1) is 9.38. The standard InChI is InChI=1S/C13H8ClF3N2O/c14-6-1-2-8(15)7(3-6)13(20)19-12-5-11(18)9(16)4-10(12)17/h1-5H,18H2,(H,19,20). The molecule has 0 aliphatic rings. The zero-order chi connectivity index (χ0) is 14.9. The van der Waals surface area contributed by atoms with Gasteiger partial charge in [-0.15, -0.1) is 0 Å². The average molecular weight is 301 g/mol. The van der Waals surface area contributed by atoms with Gasteiger partial charge in [0.2, 0.25) is 0 Å². The average Bonchev–Trinajstić information content (AvgIpc) is 2.38. The molecular weight excluding hydrogens is 293 g/mol. The molecule has 0 saturated heterocycles. The second-order valence-corrected chi connectivity index (χ2v) is 4.37. The van der Waals surface area contributed by atoms with Crippen molar-refractivity contribution in [3.05, 3.63) is 58.4 Å². The number of carbonyl (C=O) groups is 1. The largest absolute Gasteiger partial charge is 0.396 e. The molecule has 3 nitrogen and oxygen atoms in total. The Bertz CT molecular complexity index is 692. The van der Waals surface area contributed by atoms with Crippen molar-refractivity contribution in [3.63, 3.8) is 0 Å². The molecule has 0 atom stereocenters. The molecule has 1 amide bonds. The summed E-state index contributed by atoms with van der Waals surface area (Å²) in [7, 11) is 0. The van der Waals surface area contributed by atoms with Gasteiger partial charge in [-0.1, -0.05) is 11.6 Å². The number of nitrogens with one attached hydrogen (secondary N) is 1. The van der Waals surface area contributed by atoms with Gasteiger partial charge >= 0.3 is 0 Å². The lowest BCUT2D eigenvalue weighted by atomic mass is 10.2. The molecule has 20 heavy (non-hydrogen) atoms. The van der Waals surface area contributed by atoms with Crippen LogP contribution in [0.2, 0.25) is 5.02 Å². The van der Waals surface area contributed by atoms with Crippen molar-refractivity contribution < 1.29 is 18.0 Å². The number of carbonyl (C=O) groups excluding carboxylic acids is 1. The van der Waals surface area contributed by atoms with Crippen molar-refractivity contribution in [2.45, 2.75) is 0 Å². The number of amides is 1. The highest BCUT2D eigenvalue weighted by Gasteiger charge is 2.15. The highest BCUT2D eigenvalue weighted by molar-refractivity contribution is 6.31. The van der Waals surface area contributed by atoms with E-state index in [1.807, 2.05) is 0 Å². The van der Waals surface area contributed by atoms with E-state index >= 15 is 0 Å². The number of rotatable bonds is 2. The third-order valence-electron chi connectivity index (χ3n) is 2.51. The summed E-state index contributed by atoms with van der Waals surface area (Å²) >= 11 is 5.65. The molecule has 104 valence electrons. The molecule has 2 rings (SSSR count). The number of benzene rings is 2. The van der Waals surface area contributed by atoms with E-state index < -0.39 is 23.4 Å². The number of halogens is 4. The fourth-order valence-electron chi connectivity index (χ4n) is 1.52. The van der Waals surface area contributed by atoms with Crippen molar-refractivity contribution in [3.8, 4) is 0 Å². The Balaban J connectivity index is 2.32. The monoisotopic (exact) mass is 300 g/mol. The van der Waals surface area contributed by atoms with Gasteiger partial charge in [-0.05, 0) is 24.3 Å². The van der Waals surface area contributed by atoms with Crippen LogP contribution in [0.3, 0.4) is 0 Å². The zero-order valence-electron chi connectivity index (χ0n) is 9.88. The van der Waals surface area contributed by atoms with Crippen LogP contribution < -0.4 is 11.1 Å². The lowest BCUT2D eigenvalue weighted by molar-refractivity contribution is 0.102. The maximum absolute atomic E-state index is 13.5. The molecule has 0 heterocycles. The van der Waals surface area contributed by atoms with Gasteiger partial charge in [0.15, 0.2) is 0 Å². The third-order valence-corrected chi connectivity index (χ3v) is 2.74. The second-order valence-electron chi connectivity index (χ2n) is 3.93. The summed E-state index contributed by atoms with van der Waals surface area (Å²) in [6, 6.07) is 4.80. The van der Waals surface area contributed by atoms with Crippen LogP contribution in [0.15, 0.2) is 30.3 Å². The van der Waals surface area contributed by atoms with E-state index in [-0.39, 0.29) is 22.0 Å². The fourth-order valence-corrected chi connectivity index (χ4v) is 1.69. The number of hydrogen-bond acceptors (Lipinski definition) is 2. The van der Waals surface area contributed by atoms with E-state index in [0.29, 0.717) is 6.07 Å². The maximum atomic E-state index is 13.5. The topological polar surface area (TPSA) is 55.1 Å². The van der Waals surface area contributed by atoms with Gasteiger partial charge in [0.1, 0.15) is 17.5 Å². The van der Waals surface area contributed by atoms with Gasteiger partial charge in [-0.3, -0.25) is 4.79 Å². The summed E-state index contributed by atoms with van der Waals surface area (Å²) in [4.78, 5) is 11.8. The lowest BCUT2D eigenvalue weighted by Crippen LogP contribution is -2.15. The van der Waals surface area contributed by atoms with E-state index in [1.165, 1.54) is 6.07 Å². The van der Waals surface area contributed by atoms with Gasteiger partial charge in [0.25, 0.3) is 5.91 Å². The van der Waals surface area contributed by atoms with Crippen LogP contribution in [0.1, 0.15) is 10.4 Å². The SMILES string of the molecule is Nc1cc(NC(=O)c2cc(Cl)ccc2F)c(F)cc1F. The summed E-state index contributed by atoms with van der Waals surface area (Å²) in [5.74, 6) is -3.71. The summed E-state index contributed by atoms with van der Waals surface area (Å²) in [6.45, 7) is 0. The summed E-state index contributed by atoms with van der Waals surface area (Å²) in [5, 5.41) is 2.25. The zero-order valence-corrected chi connectivity index (χ0v) is 10.6. The molecule has 0 radical (unpaired) electrons. The smallest absolute Gasteiger partial charge is 0.258 e. The predicted octanol–water partition coefficient (Wildman–Crippen LogP) is 3.59. The number of nitrogen functional groups attached to an aromatic ring is 1. The van der Waals surface area contributed by atoms with Crippen molar-refractivity contribution >= 4 is 28.9 Å². The Morgan fingerprint density at radius 2 is 1.75 bits per heavy atom. The molecular formula is C13H8ClF3N2O. The van der Waals surface area contributed by atoms with Crippen LogP contribution in [-0.4, -0.2) is 5.91 Å². The lowest BCUT2D eigenvalue weighted by Gasteiger charge is -2.09. The highest BCUT2D eigenvalue weighted by Crippen LogP contribution is 2.22. The van der Waals surface area contributed by atoms with E-state index in [1.54, 1.807) is 0 Å². The number of hydrogen-bond donors (Lipinski definition) is 2. The normalized spacial score (nSPS) is 10.4. The molecule has 0 aliphatic carbocycles. The molecule has 2 aromatic rings. The van der Waals surface area contributed by atoms with Gasteiger partial charge in [0.05, 0.1) is 16.9 Å². The maximum Gasteiger partial charge on any atom is 0.258 e.